The number of hydrogen-bond acceptors (Lipinski definition) is 2. The Balaban J connectivity index is 2.42. The molecule has 1 N–H and O–H groups in total. The fourth-order valence-corrected chi connectivity index (χ4v) is 2.69. The monoisotopic (exact) mass is 173 g/mol. The van der Waals surface area contributed by atoms with Gasteiger partial charge in [0.05, 0.1) is 0 Å². The van der Waals surface area contributed by atoms with E-state index in [1.165, 1.54) is 6.08 Å². The first-order valence-corrected chi connectivity index (χ1v) is 5.00. The molecular formula is C7H11NO2S. The quantitative estimate of drug-likeness (QED) is 0.472. The van der Waals surface area contributed by atoms with E-state index in [2.05, 4.69) is 11.3 Å². The van der Waals surface area contributed by atoms with Crippen molar-refractivity contribution < 1.29 is 9.59 Å². The molecule has 1 rings (SSSR count). The van der Waals surface area contributed by atoms with Crippen molar-refractivity contribution in [1.29, 1.82) is 0 Å². The zero-order valence-corrected chi connectivity index (χ0v) is 7.06. The highest BCUT2D eigenvalue weighted by Gasteiger charge is 2.20. The van der Waals surface area contributed by atoms with Crippen LogP contribution in [-0.4, -0.2) is 16.8 Å². The number of nitrogens with one attached hydrogen (secondary N) is 1. The van der Waals surface area contributed by atoms with Crippen LogP contribution >= 0.6 is 11.1 Å². The number of amides is 1. The van der Waals surface area contributed by atoms with Gasteiger partial charge in [0, 0.05) is 6.42 Å². The molecule has 1 heterocycles. The second kappa shape index (κ2) is 3.57. The molecule has 1 amide bonds. The van der Waals surface area contributed by atoms with Crippen LogP contribution in [0.25, 0.3) is 0 Å². The fraction of sp³-hybridized carbons (Fsp3) is 0.429. The molecule has 1 aliphatic heterocycles. The van der Waals surface area contributed by atoms with Gasteiger partial charge >= 0.3 is 0 Å². The highest BCUT2D eigenvalue weighted by atomic mass is 32.2. The summed E-state index contributed by atoms with van der Waals surface area (Å²) in [5.74, 6) is 0.611. The maximum Gasteiger partial charge on any atom is 0.252 e. The first-order valence-electron chi connectivity index (χ1n) is 3.47. The Labute approximate surface area is 68.3 Å². The number of hydrogen-bond donors (Lipinski definition) is 2. The maximum atomic E-state index is 11.0. The lowest BCUT2D eigenvalue weighted by Gasteiger charge is -2.12. The Bertz CT molecular complexity index is 203. The smallest absolute Gasteiger partial charge is 0.252 e. The molecule has 0 aromatic rings. The summed E-state index contributed by atoms with van der Waals surface area (Å²) >= 11 is -0.861. The molecule has 11 heavy (non-hydrogen) atoms. The van der Waals surface area contributed by atoms with E-state index in [1.54, 1.807) is 0 Å². The molecule has 3 nitrogen and oxygen atoms in total. The van der Waals surface area contributed by atoms with Crippen molar-refractivity contribution in [1.82, 2.24) is 4.72 Å². The van der Waals surface area contributed by atoms with Gasteiger partial charge in [0.2, 0.25) is 0 Å². The van der Waals surface area contributed by atoms with E-state index in [0.717, 1.165) is 12.2 Å². The van der Waals surface area contributed by atoms with Crippen molar-refractivity contribution in [3.63, 3.8) is 0 Å². The summed E-state index contributed by atoms with van der Waals surface area (Å²) in [5, 5.41) is 0.204. The van der Waals surface area contributed by atoms with Crippen LogP contribution in [0.4, 0.5) is 0 Å². The molecule has 1 saturated heterocycles. The van der Waals surface area contributed by atoms with E-state index in [9.17, 15) is 9.59 Å². The molecule has 1 atom stereocenters. The van der Waals surface area contributed by atoms with Crippen molar-refractivity contribution in [2.24, 2.45) is 0 Å². The summed E-state index contributed by atoms with van der Waals surface area (Å²) in [6, 6.07) is 0. The van der Waals surface area contributed by atoms with Crippen molar-refractivity contribution >= 4 is 22.1 Å². The van der Waals surface area contributed by atoms with E-state index in [0.29, 0.717) is 6.42 Å². The van der Waals surface area contributed by atoms with Crippen LogP contribution in [0.5, 0.6) is 0 Å². The molecular weight excluding hydrogens is 162 g/mol. The first kappa shape index (κ1) is 8.33. The maximum absolute atomic E-state index is 11.0. The van der Waals surface area contributed by atoms with Crippen LogP contribution in [0.3, 0.4) is 0 Å². The highest BCUT2D eigenvalue weighted by molar-refractivity contribution is 8.28. The minimum atomic E-state index is -0.861. The van der Waals surface area contributed by atoms with Crippen LogP contribution in [0, 0.1) is 0 Å². The van der Waals surface area contributed by atoms with E-state index < -0.39 is 11.1 Å². The number of carbonyl (C=O) groups excluding carboxylic acids is 2. The van der Waals surface area contributed by atoms with Gasteiger partial charge in [-0.15, -0.1) is 11.1 Å². The highest BCUT2D eigenvalue weighted by Crippen LogP contribution is 2.31. The second-order valence-electron chi connectivity index (χ2n) is 2.33. The third-order valence-electron chi connectivity index (χ3n) is 1.50. The van der Waals surface area contributed by atoms with Gasteiger partial charge in [-0.25, -0.2) is 0 Å². The Morgan fingerprint density at radius 1 is 1.73 bits per heavy atom. The number of carbonyl (C=O) groups is 2. The van der Waals surface area contributed by atoms with Crippen LogP contribution < -0.4 is 4.72 Å². The molecule has 0 aliphatic carbocycles. The van der Waals surface area contributed by atoms with Crippen LogP contribution in [-0.2, 0) is 9.59 Å². The molecule has 62 valence electrons. The molecule has 0 bridgehead atoms. The molecule has 0 aromatic heterocycles. The van der Waals surface area contributed by atoms with Crippen LogP contribution in [0.15, 0.2) is 12.7 Å². The van der Waals surface area contributed by atoms with Crippen LogP contribution in [0.1, 0.15) is 12.8 Å². The van der Waals surface area contributed by atoms with Gasteiger partial charge < -0.3 is 4.72 Å². The standard InChI is InChI=1S/C7H11NO2S/c1-2-6(9)8-11-5-3-4-7(11)10/h2,11H,1,3-5H2,(H,8,9). The SMILES string of the molecule is C=CC(=O)N[SH]1CCCC1=O. The minimum Gasteiger partial charge on any atom is -0.311 e. The van der Waals surface area contributed by atoms with E-state index in [-0.39, 0.29) is 11.0 Å². The lowest BCUT2D eigenvalue weighted by Crippen LogP contribution is -2.20. The van der Waals surface area contributed by atoms with Gasteiger partial charge in [0.15, 0.2) is 5.12 Å². The average molecular weight is 173 g/mol. The van der Waals surface area contributed by atoms with Gasteiger partial charge in [-0.1, -0.05) is 6.58 Å². The summed E-state index contributed by atoms with van der Waals surface area (Å²) in [5.41, 5.74) is 0. The normalized spacial score (nSPS) is 26.5. The molecule has 1 aliphatic rings. The summed E-state index contributed by atoms with van der Waals surface area (Å²) in [7, 11) is 0. The average Bonchev–Trinajstić information content (AvgIpc) is 2.37. The minimum absolute atomic E-state index is 0.204. The molecule has 0 saturated carbocycles. The Morgan fingerprint density at radius 2 is 2.45 bits per heavy atom. The summed E-state index contributed by atoms with van der Waals surface area (Å²) in [4.78, 5) is 21.8. The molecule has 1 unspecified atom stereocenters. The van der Waals surface area contributed by atoms with Gasteiger partial charge in [0.25, 0.3) is 5.91 Å². The Morgan fingerprint density at radius 3 is 2.91 bits per heavy atom. The van der Waals surface area contributed by atoms with Crippen molar-refractivity contribution in [2.45, 2.75) is 12.8 Å². The van der Waals surface area contributed by atoms with Crippen molar-refractivity contribution in [3.05, 3.63) is 12.7 Å². The largest absolute Gasteiger partial charge is 0.311 e. The summed E-state index contributed by atoms with van der Waals surface area (Å²) in [6.07, 6.45) is 2.75. The number of thiol groups is 1. The van der Waals surface area contributed by atoms with E-state index in [1.807, 2.05) is 0 Å². The van der Waals surface area contributed by atoms with Crippen molar-refractivity contribution in [2.75, 3.05) is 5.75 Å². The topological polar surface area (TPSA) is 46.2 Å². The van der Waals surface area contributed by atoms with Gasteiger partial charge in [-0.2, -0.15) is 0 Å². The first-order chi connectivity index (χ1) is 5.24. The fourth-order valence-electron chi connectivity index (χ4n) is 0.945. The van der Waals surface area contributed by atoms with Gasteiger partial charge in [-0.05, 0) is 18.2 Å². The summed E-state index contributed by atoms with van der Waals surface area (Å²) < 4.78 is 2.64. The second-order valence-corrected chi connectivity index (χ2v) is 4.35. The Kier molecular flexibility index (Phi) is 2.70. The zero-order chi connectivity index (χ0) is 8.27. The summed E-state index contributed by atoms with van der Waals surface area (Å²) in [6.45, 7) is 3.31. The molecule has 4 heteroatoms. The lowest BCUT2D eigenvalue weighted by atomic mass is 10.4. The Hall–Kier alpha value is -0.770. The van der Waals surface area contributed by atoms with E-state index >= 15 is 0 Å². The zero-order valence-electron chi connectivity index (χ0n) is 6.17. The molecule has 0 aromatic carbocycles. The van der Waals surface area contributed by atoms with Gasteiger partial charge in [0.1, 0.15) is 0 Å². The van der Waals surface area contributed by atoms with Gasteiger partial charge in [-0.3, -0.25) is 9.59 Å². The predicted molar refractivity (Wildman–Crippen MR) is 46.4 cm³/mol. The van der Waals surface area contributed by atoms with Crippen LogP contribution in [0.2, 0.25) is 0 Å². The third-order valence-corrected chi connectivity index (χ3v) is 3.58. The lowest BCUT2D eigenvalue weighted by molar-refractivity contribution is -0.115. The van der Waals surface area contributed by atoms with Crippen molar-refractivity contribution in [3.8, 4) is 0 Å². The number of rotatable bonds is 2. The predicted octanol–water partition coefficient (Wildman–Crippen LogP) is 0.525. The molecule has 1 fully saturated rings. The molecule has 0 spiro atoms. The van der Waals surface area contributed by atoms with E-state index in [4.69, 9.17) is 0 Å². The molecule has 0 radical (unpaired) electrons. The third kappa shape index (κ3) is 2.08.